The summed E-state index contributed by atoms with van der Waals surface area (Å²) < 4.78 is 1.93. The van der Waals surface area contributed by atoms with Gasteiger partial charge < -0.3 is 9.47 Å². The van der Waals surface area contributed by atoms with Crippen molar-refractivity contribution in [3.63, 3.8) is 0 Å². The van der Waals surface area contributed by atoms with E-state index in [0.29, 0.717) is 22.3 Å². The summed E-state index contributed by atoms with van der Waals surface area (Å²) in [5.74, 6) is -0.201. The Morgan fingerprint density at radius 2 is 1.71 bits per heavy atom. The third-order valence-corrected chi connectivity index (χ3v) is 3.70. The monoisotopic (exact) mass is 283 g/mol. The van der Waals surface area contributed by atoms with Gasteiger partial charge in [0, 0.05) is 36.9 Å². The Kier molecular flexibility index (Phi) is 3.43. The molecule has 5 heteroatoms. The fourth-order valence-corrected chi connectivity index (χ4v) is 2.63. The van der Waals surface area contributed by atoms with Gasteiger partial charge in [-0.15, -0.1) is 0 Å². The largest absolute Gasteiger partial charge is 0.353 e. The van der Waals surface area contributed by atoms with Gasteiger partial charge in [-0.2, -0.15) is 0 Å². The molecule has 2 aromatic heterocycles. The topological polar surface area (TPSA) is 55.2 Å². The maximum Gasteiger partial charge on any atom is 0.197 e. The lowest BCUT2D eigenvalue weighted by molar-refractivity contribution is 0.0979. The van der Waals surface area contributed by atoms with E-state index in [4.69, 9.17) is 0 Å². The molecule has 0 radical (unpaired) electrons. The van der Waals surface area contributed by atoms with Crippen LogP contribution in [0.2, 0.25) is 0 Å². The summed E-state index contributed by atoms with van der Waals surface area (Å²) in [5, 5.41) is 0. The zero-order valence-electron chi connectivity index (χ0n) is 12.2. The molecule has 0 saturated carbocycles. The lowest BCUT2D eigenvalue weighted by Gasteiger charge is -2.12. The molecule has 2 heterocycles. The van der Waals surface area contributed by atoms with Crippen molar-refractivity contribution in [2.75, 3.05) is 20.6 Å². The third-order valence-electron chi connectivity index (χ3n) is 3.70. The van der Waals surface area contributed by atoms with E-state index in [2.05, 4.69) is 9.88 Å². The van der Waals surface area contributed by atoms with E-state index < -0.39 is 0 Å². The molecule has 0 aromatic carbocycles. The van der Waals surface area contributed by atoms with E-state index in [-0.39, 0.29) is 11.6 Å². The number of fused-ring (bicyclic) bond motifs is 2. The van der Waals surface area contributed by atoms with Crippen molar-refractivity contribution in [3.05, 3.63) is 53.1 Å². The number of aromatic nitrogens is 2. The number of nitrogens with zero attached hydrogens (tertiary/aromatic N) is 3. The van der Waals surface area contributed by atoms with Crippen LogP contribution in [0.5, 0.6) is 0 Å². The summed E-state index contributed by atoms with van der Waals surface area (Å²) in [6.07, 6.45) is 7.55. The second-order valence-electron chi connectivity index (χ2n) is 5.56. The van der Waals surface area contributed by atoms with Gasteiger partial charge in [-0.1, -0.05) is 0 Å². The Hall–Kier alpha value is -2.27. The van der Waals surface area contributed by atoms with Crippen molar-refractivity contribution >= 4 is 11.6 Å². The van der Waals surface area contributed by atoms with Crippen LogP contribution >= 0.6 is 0 Å². The maximum atomic E-state index is 12.4. The summed E-state index contributed by atoms with van der Waals surface area (Å²) in [4.78, 5) is 30.9. The van der Waals surface area contributed by atoms with Crippen molar-refractivity contribution in [1.29, 1.82) is 0 Å². The van der Waals surface area contributed by atoms with Crippen molar-refractivity contribution < 1.29 is 9.59 Å². The van der Waals surface area contributed by atoms with Crippen molar-refractivity contribution in [2.24, 2.45) is 0 Å². The molecule has 1 aliphatic rings. The number of pyridine rings is 1. The minimum Gasteiger partial charge on any atom is -0.353 e. The molecular formula is C16H17N3O2. The van der Waals surface area contributed by atoms with E-state index in [1.165, 1.54) is 6.20 Å². The highest BCUT2D eigenvalue weighted by Crippen LogP contribution is 2.27. The number of ketones is 2. The van der Waals surface area contributed by atoms with Gasteiger partial charge in [-0.25, -0.2) is 0 Å². The van der Waals surface area contributed by atoms with Crippen molar-refractivity contribution in [3.8, 4) is 0 Å². The first kappa shape index (κ1) is 13.7. The van der Waals surface area contributed by atoms with Gasteiger partial charge in [-0.3, -0.25) is 14.6 Å². The second kappa shape index (κ2) is 5.26. The van der Waals surface area contributed by atoms with Crippen LogP contribution in [0.3, 0.4) is 0 Å². The van der Waals surface area contributed by atoms with E-state index >= 15 is 0 Å². The van der Waals surface area contributed by atoms with Crippen LogP contribution in [-0.4, -0.2) is 46.7 Å². The van der Waals surface area contributed by atoms with Gasteiger partial charge >= 0.3 is 0 Å². The molecule has 0 unspecified atom stereocenters. The quantitative estimate of drug-likeness (QED) is 0.730. The van der Waals surface area contributed by atoms with Crippen LogP contribution in [0.25, 0.3) is 0 Å². The smallest absolute Gasteiger partial charge is 0.197 e. The van der Waals surface area contributed by atoms with Crippen LogP contribution < -0.4 is 0 Å². The van der Waals surface area contributed by atoms with Crippen molar-refractivity contribution in [1.82, 2.24) is 14.5 Å². The fraction of sp³-hybridized carbons (Fsp3) is 0.312. The number of aryl methyl sites for hydroxylation is 1. The SMILES string of the molecule is CN(C)CCCn1cc2c(c1)C(=O)c1cnccc1C2=O. The number of hydrogen-bond donors (Lipinski definition) is 0. The first-order chi connectivity index (χ1) is 10.1. The lowest BCUT2D eigenvalue weighted by atomic mass is 9.88. The summed E-state index contributed by atoms with van der Waals surface area (Å²) in [7, 11) is 4.05. The number of hydrogen-bond acceptors (Lipinski definition) is 4. The van der Waals surface area contributed by atoms with Crippen LogP contribution in [0, 0.1) is 0 Å². The first-order valence-corrected chi connectivity index (χ1v) is 6.96. The fourth-order valence-electron chi connectivity index (χ4n) is 2.63. The molecule has 0 aliphatic heterocycles. The Balaban J connectivity index is 1.90. The molecule has 2 aromatic rings. The zero-order valence-corrected chi connectivity index (χ0v) is 12.2. The minimum absolute atomic E-state index is 0.0895. The van der Waals surface area contributed by atoms with Gasteiger partial charge in [0.2, 0.25) is 0 Å². The molecule has 3 rings (SSSR count). The van der Waals surface area contributed by atoms with Gasteiger partial charge in [0.25, 0.3) is 0 Å². The van der Waals surface area contributed by atoms with E-state index in [9.17, 15) is 9.59 Å². The van der Waals surface area contributed by atoms with Gasteiger partial charge in [0.15, 0.2) is 11.6 Å². The summed E-state index contributed by atoms with van der Waals surface area (Å²) in [6, 6.07) is 1.61. The molecule has 0 atom stereocenters. The first-order valence-electron chi connectivity index (χ1n) is 6.96. The highest BCUT2D eigenvalue weighted by Gasteiger charge is 2.31. The predicted octanol–water partition coefficient (Wildman–Crippen LogP) is 1.61. The molecule has 5 nitrogen and oxygen atoms in total. The van der Waals surface area contributed by atoms with Crippen LogP contribution in [0.1, 0.15) is 38.3 Å². The highest BCUT2D eigenvalue weighted by atomic mass is 16.1. The number of rotatable bonds is 4. The second-order valence-corrected chi connectivity index (χ2v) is 5.56. The minimum atomic E-state index is -0.112. The molecule has 0 spiro atoms. The summed E-state index contributed by atoms with van der Waals surface area (Å²) in [5.41, 5.74) is 1.85. The Morgan fingerprint density at radius 1 is 1.05 bits per heavy atom. The molecule has 108 valence electrons. The molecule has 0 amide bonds. The summed E-state index contributed by atoms with van der Waals surface area (Å²) in [6.45, 7) is 1.76. The molecule has 1 aliphatic carbocycles. The molecule has 21 heavy (non-hydrogen) atoms. The van der Waals surface area contributed by atoms with E-state index in [1.807, 2.05) is 18.7 Å². The van der Waals surface area contributed by atoms with Gasteiger partial charge in [0.1, 0.15) is 0 Å². The molecule has 0 fully saturated rings. The summed E-state index contributed by atoms with van der Waals surface area (Å²) >= 11 is 0. The average Bonchev–Trinajstić information content (AvgIpc) is 2.89. The molecule has 0 N–H and O–H groups in total. The predicted molar refractivity (Wildman–Crippen MR) is 78.7 cm³/mol. The standard InChI is InChI=1S/C16H17N3O2/c1-18(2)6-3-7-19-9-13-14(10-19)16(21)12-8-17-5-4-11(12)15(13)20/h4-5,8-10H,3,6-7H2,1-2H3. The van der Waals surface area contributed by atoms with Gasteiger partial charge in [0.05, 0.1) is 16.7 Å². The highest BCUT2D eigenvalue weighted by molar-refractivity contribution is 6.28. The normalized spacial score (nSPS) is 13.5. The lowest BCUT2D eigenvalue weighted by Crippen LogP contribution is -2.19. The molecule has 0 bridgehead atoms. The third kappa shape index (κ3) is 2.40. The average molecular weight is 283 g/mol. The molecular weight excluding hydrogens is 266 g/mol. The van der Waals surface area contributed by atoms with E-state index in [1.54, 1.807) is 24.7 Å². The Morgan fingerprint density at radius 3 is 2.38 bits per heavy atom. The Bertz CT molecular complexity index is 664. The van der Waals surface area contributed by atoms with Crippen LogP contribution in [0.15, 0.2) is 30.9 Å². The maximum absolute atomic E-state index is 12.4. The van der Waals surface area contributed by atoms with E-state index in [0.717, 1.165) is 19.5 Å². The number of carbonyl (C=O) groups is 2. The van der Waals surface area contributed by atoms with Crippen LogP contribution in [0.4, 0.5) is 0 Å². The zero-order chi connectivity index (χ0) is 15.0. The molecule has 0 saturated heterocycles. The van der Waals surface area contributed by atoms with Gasteiger partial charge in [-0.05, 0) is 33.1 Å². The number of carbonyl (C=O) groups excluding carboxylic acids is 2. The van der Waals surface area contributed by atoms with Crippen molar-refractivity contribution in [2.45, 2.75) is 13.0 Å². The van der Waals surface area contributed by atoms with Crippen LogP contribution in [-0.2, 0) is 6.54 Å². The Labute approximate surface area is 123 Å².